The van der Waals surface area contributed by atoms with Gasteiger partial charge in [-0.25, -0.2) is 0 Å². The maximum atomic E-state index is 3.77. The lowest BCUT2D eigenvalue weighted by Crippen LogP contribution is -1.98. The van der Waals surface area contributed by atoms with Crippen molar-refractivity contribution >= 4 is 11.8 Å². The molecule has 0 aromatic heterocycles. The average Bonchev–Trinajstić information content (AvgIpc) is 2.19. The molecule has 0 N–H and O–H groups in total. The molecule has 13 heavy (non-hydrogen) atoms. The van der Waals surface area contributed by atoms with Gasteiger partial charge in [-0.3, -0.25) is 0 Å². The molecule has 0 nitrogen and oxygen atoms in total. The predicted octanol–water partition coefficient (Wildman–Crippen LogP) is 3.86. The highest BCUT2D eigenvalue weighted by Gasteiger charge is 2.06. The van der Waals surface area contributed by atoms with E-state index in [0.29, 0.717) is 5.25 Å². The zero-order valence-electron chi connectivity index (χ0n) is 7.65. The molecule has 1 aliphatic rings. The van der Waals surface area contributed by atoms with Gasteiger partial charge in [-0.05, 0) is 12.5 Å². The molecule has 0 fully saturated rings. The smallest absolute Gasteiger partial charge is 0.0312 e. The van der Waals surface area contributed by atoms with Gasteiger partial charge in [-0.15, -0.1) is 11.8 Å². The fourth-order valence-electron chi connectivity index (χ4n) is 1.09. The Bertz CT molecular complexity index is 269. The summed E-state index contributed by atoms with van der Waals surface area (Å²) in [6.45, 7) is 7.44. The Morgan fingerprint density at radius 1 is 1.38 bits per heavy atom. The van der Waals surface area contributed by atoms with Gasteiger partial charge in [0.15, 0.2) is 0 Å². The molecule has 0 spiro atoms. The van der Waals surface area contributed by atoms with Crippen LogP contribution in [0.4, 0.5) is 0 Å². The van der Waals surface area contributed by atoms with Gasteiger partial charge in [0.1, 0.15) is 0 Å². The van der Waals surface area contributed by atoms with Crippen molar-refractivity contribution in [2.75, 3.05) is 0 Å². The number of hydrogen-bond acceptors (Lipinski definition) is 1. The van der Waals surface area contributed by atoms with Crippen LogP contribution in [0.5, 0.6) is 0 Å². The molecular weight excluding hydrogens is 176 g/mol. The summed E-state index contributed by atoms with van der Waals surface area (Å²) in [5.41, 5.74) is 0. The van der Waals surface area contributed by atoms with Crippen molar-refractivity contribution < 1.29 is 0 Å². The van der Waals surface area contributed by atoms with Crippen LogP contribution in [-0.4, -0.2) is 5.25 Å². The topological polar surface area (TPSA) is 0 Å². The molecule has 0 amide bonds. The third-order valence-electron chi connectivity index (χ3n) is 1.71. The van der Waals surface area contributed by atoms with Crippen molar-refractivity contribution in [2.45, 2.75) is 11.7 Å². The first-order chi connectivity index (χ1) is 6.36. The van der Waals surface area contributed by atoms with Gasteiger partial charge >= 0.3 is 0 Å². The molecule has 68 valence electrons. The third-order valence-corrected chi connectivity index (χ3v) is 2.94. The summed E-state index contributed by atoms with van der Waals surface area (Å²) in [5.74, 6) is 0. The summed E-state index contributed by atoms with van der Waals surface area (Å²) in [5, 5.41) is 0.550. The van der Waals surface area contributed by atoms with E-state index in [9.17, 15) is 0 Å². The molecule has 0 saturated carbocycles. The van der Waals surface area contributed by atoms with Gasteiger partial charge in [0, 0.05) is 10.2 Å². The number of allylic oxidation sites excluding steroid dienone is 6. The molecule has 0 radical (unpaired) electrons. The minimum Gasteiger partial charge on any atom is -0.118 e. The van der Waals surface area contributed by atoms with Crippen LogP contribution in [0.25, 0.3) is 0 Å². The van der Waals surface area contributed by atoms with E-state index in [2.05, 4.69) is 37.5 Å². The molecule has 1 rings (SSSR count). The van der Waals surface area contributed by atoms with Crippen molar-refractivity contribution in [3.05, 3.63) is 60.6 Å². The predicted molar refractivity (Wildman–Crippen MR) is 62.8 cm³/mol. The van der Waals surface area contributed by atoms with Crippen molar-refractivity contribution in [1.82, 2.24) is 0 Å². The third kappa shape index (κ3) is 3.51. The number of rotatable bonds is 4. The second-order valence-electron chi connectivity index (χ2n) is 2.71. The molecule has 0 heterocycles. The van der Waals surface area contributed by atoms with Crippen molar-refractivity contribution in [3.8, 4) is 0 Å². The Labute approximate surface area is 84.4 Å². The van der Waals surface area contributed by atoms with Gasteiger partial charge in [0.2, 0.25) is 0 Å². The Hall–Kier alpha value is -0.950. The van der Waals surface area contributed by atoms with E-state index in [4.69, 9.17) is 0 Å². The van der Waals surface area contributed by atoms with E-state index in [1.807, 2.05) is 23.9 Å². The van der Waals surface area contributed by atoms with Crippen LogP contribution in [-0.2, 0) is 0 Å². The molecule has 0 saturated heterocycles. The van der Waals surface area contributed by atoms with E-state index in [1.165, 1.54) is 4.91 Å². The van der Waals surface area contributed by atoms with Gasteiger partial charge in [-0.1, -0.05) is 49.6 Å². The molecule has 0 aromatic rings. The quantitative estimate of drug-likeness (QED) is 0.607. The summed E-state index contributed by atoms with van der Waals surface area (Å²) >= 11 is 1.82. The van der Waals surface area contributed by atoms with Gasteiger partial charge < -0.3 is 0 Å². The number of thioether (sulfide) groups is 1. The molecule has 1 heteroatoms. The average molecular weight is 190 g/mol. The first kappa shape index (κ1) is 10.1. The van der Waals surface area contributed by atoms with Gasteiger partial charge in [-0.2, -0.15) is 0 Å². The fraction of sp³-hybridized carbons (Fsp3) is 0.167. The lowest BCUT2D eigenvalue weighted by molar-refractivity contribution is 1.06. The molecule has 1 unspecified atom stereocenters. The Morgan fingerprint density at radius 3 is 2.77 bits per heavy atom. The van der Waals surface area contributed by atoms with E-state index in [1.54, 1.807) is 6.08 Å². The highest BCUT2D eigenvalue weighted by Crippen LogP contribution is 2.27. The lowest BCUT2D eigenvalue weighted by atomic mass is 10.2. The fourth-order valence-corrected chi connectivity index (χ4v) is 2.09. The van der Waals surface area contributed by atoms with Gasteiger partial charge in [0.05, 0.1) is 0 Å². The Balaban J connectivity index is 2.51. The van der Waals surface area contributed by atoms with Gasteiger partial charge in [0.25, 0.3) is 0 Å². The SMILES string of the molecule is C=C/C=C(\C=C)SC1C=CC=CC1. The number of hydrogen-bond donors (Lipinski definition) is 0. The molecule has 0 aliphatic heterocycles. The van der Waals surface area contributed by atoms with Crippen LogP contribution >= 0.6 is 11.8 Å². The Morgan fingerprint density at radius 2 is 2.23 bits per heavy atom. The van der Waals surface area contributed by atoms with Crippen molar-refractivity contribution in [1.29, 1.82) is 0 Å². The highest BCUT2D eigenvalue weighted by molar-refractivity contribution is 8.04. The van der Waals surface area contributed by atoms with E-state index < -0.39 is 0 Å². The van der Waals surface area contributed by atoms with Crippen molar-refractivity contribution in [2.24, 2.45) is 0 Å². The molecule has 0 bridgehead atoms. The zero-order chi connectivity index (χ0) is 9.52. The summed E-state index contributed by atoms with van der Waals surface area (Å²) in [4.78, 5) is 1.18. The van der Waals surface area contributed by atoms with Crippen LogP contribution < -0.4 is 0 Å². The second-order valence-corrected chi connectivity index (χ2v) is 4.03. The van der Waals surface area contributed by atoms with E-state index in [-0.39, 0.29) is 0 Å². The first-order valence-electron chi connectivity index (χ1n) is 4.32. The second kappa shape index (κ2) is 5.65. The lowest BCUT2D eigenvalue weighted by Gasteiger charge is -2.12. The standard InChI is InChI=1S/C12H14S/c1-3-8-11(4-2)13-12-9-6-5-7-10-12/h3-9,12H,1-2,10H2/b11-8+. The summed E-state index contributed by atoms with van der Waals surface area (Å²) in [6, 6.07) is 0. The van der Waals surface area contributed by atoms with Crippen LogP contribution in [0.3, 0.4) is 0 Å². The zero-order valence-corrected chi connectivity index (χ0v) is 8.46. The van der Waals surface area contributed by atoms with Crippen molar-refractivity contribution in [3.63, 3.8) is 0 Å². The maximum Gasteiger partial charge on any atom is 0.0312 e. The monoisotopic (exact) mass is 190 g/mol. The van der Waals surface area contributed by atoms with E-state index >= 15 is 0 Å². The molecule has 1 atom stereocenters. The minimum atomic E-state index is 0.550. The van der Waals surface area contributed by atoms with Crippen LogP contribution in [0.15, 0.2) is 60.6 Å². The first-order valence-corrected chi connectivity index (χ1v) is 5.20. The largest absolute Gasteiger partial charge is 0.118 e. The molecule has 1 aliphatic carbocycles. The molecular formula is C12H14S. The maximum absolute atomic E-state index is 3.77. The van der Waals surface area contributed by atoms with Crippen LogP contribution in [0, 0.1) is 0 Å². The summed E-state index contributed by atoms with van der Waals surface area (Å²) in [6.07, 6.45) is 15.3. The molecule has 0 aromatic carbocycles. The van der Waals surface area contributed by atoms with Crippen LogP contribution in [0.2, 0.25) is 0 Å². The van der Waals surface area contributed by atoms with Crippen LogP contribution in [0.1, 0.15) is 6.42 Å². The van der Waals surface area contributed by atoms with E-state index in [0.717, 1.165) is 6.42 Å². The Kier molecular flexibility index (Phi) is 4.41. The highest BCUT2D eigenvalue weighted by atomic mass is 32.2. The normalized spacial score (nSPS) is 21.5. The summed E-state index contributed by atoms with van der Waals surface area (Å²) in [7, 11) is 0. The summed E-state index contributed by atoms with van der Waals surface area (Å²) < 4.78 is 0. The minimum absolute atomic E-state index is 0.550.